The average molecular weight is 258 g/mol. The van der Waals surface area contributed by atoms with E-state index in [0.717, 1.165) is 12.8 Å². The maximum atomic E-state index is 11.8. The predicted octanol–water partition coefficient (Wildman–Crippen LogP) is 1.97. The first-order valence-electron chi connectivity index (χ1n) is 6.26. The molecule has 18 heavy (non-hydrogen) atoms. The lowest BCUT2D eigenvalue weighted by atomic mass is 10.0. The molecule has 5 heteroatoms. The normalized spacial score (nSPS) is 13.9. The second-order valence-electron chi connectivity index (χ2n) is 4.52. The molecule has 0 heterocycles. The minimum absolute atomic E-state index is 0.143. The van der Waals surface area contributed by atoms with Gasteiger partial charge in [-0.15, -0.1) is 0 Å². The Morgan fingerprint density at radius 2 is 1.89 bits per heavy atom. The van der Waals surface area contributed by atoms with Crippen molar-refractivity contribution in [3.05, 3.63) is 0 Å². The maximum absolute atomic E-state index is 11.8. The van der Waals surface area contributed by atoms with Gasteiger partial charge in [0, 0.05) is 0 Å². The molecule has 2 atom stereocenters. The van der Waals surface area contributed by atoms with Crippen molar-refractivity contribution in [3.63, 3.8) is 0 Å². The highest BCUT2D eigenvalue weighted by molar-refractivity contribution is 6.00. The van der Waals surface area contributed by atoms with Crippen LogP contribution in [0.1, 0.15) is 52.9 Å². The summed E-state index contributed by atoms with van der Waals surface area (Å²) in [5.41, 5.74) is 0. The van der Waals surface area contributed by atoms with Crippen LogP contribution in [0, 0.1) is 0 Å². The lowest BCUT2D eigenvalue weighted by Gasteiger charge is -2.20. The third-order valence-corrected chi connectivity index (χ3v) is 2.46. The monoisotopic (exact) mass is 258 g/mol. The number of Topliss-reactive ketones (excluding diaryl/α,β-unsaturated/α-hetero) is 2. The van der Waals surface area contributed by atoms with Crippen molar-refractivity contribution in [2.24, 2.45) is 0 Å². The van der Waals surface area contributed by atoms with E-state index in [-0.39, 0.29) is 24.4 Å². The summed E-state index contributed by atoms with van der Waals surface area (Å²) < 4.78 is 5.44. The predicted molar refractivity (Wildman–Crippen MR) is 66.4 cm³/mol. The van der Waals surface area contributed by atoms with E-state index in [9.17, 15) is 14.4 Å². The van der Waals surface area contributed by atoms with Crippen molar-refractivity contribution >= 4 is 17.5 Å². The van der Waals surface area contributed by atoms with Crippen LogP contribution in [-0.2, 0) is 19.1 Å². The summed E-state index contributed by atoms with van der Waals surface area (Å²) in [6.07, 6.45) is 0.786. The minimum Gasteiger partial charge on any atom is -0.481 e. The van der Waals surface area contributed by atoms with Gasteiger partial charge >= 0.3 is 5.97 Å². The molecule has 0 aliphatic rings. The molecule has 0 aromatic rings. The van der Waals surface area contributed by atoms with Crippen molar-refractivity contribution in [2.45, 2.75) is 65.1 Å². The van der Waals surface area contributed by atoms with Gasteiger partial charge in [0.05, 0.1) is 18.9 Å². The molecular formula is C13H22O5. The number of ether oxygens (including phenoxy) is 1. The fourth-order valence-electron chi connectivity index (χ4n) is 1.63. The first kappa shape index (κ1) is 16.8. The van der Waals surface area contributed by atoms with E-state index in [1.165, 1.54) is 6.92 Å². The third kappa shape index (κ3) is 7.95. The fourth-order valence-corrected chi connectivity index (χ4v) is 1.63. The van der Waals surface area contributed by atoms with Gasteiger partial charge in [0.1, 0.15) is 11.9 Å². The molecule has 0 amide bonds. The average Bonchev–Trinajstić information content (AvgIpc) is 2.21. The van der Waals surface area contributed by atoms with Crippen LogP contribution in [-0.4, -0.2) is 34.9 Å². The summed E-state index contributed by atoms with van der Waals surface area (Å²) in [5.74, 6) is -1.42. The third-order valence-electron chi connectivity index (χ3n) is 2.46. The van der Waals surface area contributed by atoms with E-state index in [2.05, 4.69) is 0 Å². The molecule has 0 aromatic carbocycles. The van der Waals surface area contributed by atoms with Crippen molar-refractivity contribution in [2.75, 3.05) is 0 Å². The molecule has 0 fully saturated rings. The quantitative estimate of drug-likeness (QED) is 0.606. The second-order valence-corrected chi connectivity index (χ2v) is 4.52. The highest BCUT2D eigenvalue weighted by Crippen LogP contribution is 2.12. The van der Waals surface area contributed by atoms with Gasteiger partial charge in [0.2, 0.25) is 0 Å². The molecule has 1 N–H and O–H groups in total. The molecule has 0 rings (SSSR count). The minimum atomic E-state index is -0.962. The van der Waals surface area contributed by atoms with E-state index in [0.29, 0.717) is 6.42 Å². The van der Waals surface area contributed by atoms with Crippen molar-refractivity contribution < 1.29 is 24.2 Å². The van der Waals surface area contributed by atoms with Gasteiger partial charge in [-0.2, -0.15) is 0 Å². The number of unbranched alkanes of at least 4 members (excludes halogenated alkanes) is 1. The van der Waals surface area contributed by atoms with Crippen molar-refractivity contribution in [1.29, 1.82) is 0 Å². The molecule has 0 aliphatic heterocycles. The standard InChI is InChI=1S/C13H22O5/c1-4-5-6-12(11(15)7-9(2)14)18-10(3)8-13(16)17/h10,12H,4-8H2,1-3H3,(H,16,17). The summed E-state index contributed by atoms with van der Waals surface area (Å²) in [4.78, 5) is 33.2. The molecule has 0 bridgehead atoms. The summed E-state index contributed by atoms with van der Waals surface area (Å²) >= 11 is 0. The van der Waals surface area contributed by atoms with Crippen molar-refractivity contribution in [1.82, 2.24) is 0 Å². The highest BCUT2D eigenvalue weighted by atomic mass is 16.5. The van der Waals surface area contributed by atoms with Gasteiger partial charge < -0.3 is 9.84 Å². The van der Waals surface area contributed by atoms with E-state index >= 15 is 0 Å². The number of carbonyl (C=O) groups is 3. The first-order valence-corrected chi connectivity index (χ1v) is 6.26. The number of hydrogen-bond acceptors (Lipinski definition) is 4. The smallest absolute Gasteiger partial charge is 0.305 e. The molecule has 0 saturated carbocycles. The Labute approximate surface area is 108 Å². The van der Waals surface area contributed by atoms with Crippen LogP contribution < -0.4 is 0 Å². The number of carbonyl (C=O) groups excluding carboxylic acids is 2. The van der Waals surface area contributed by atoms with E-state index in [1.807, 2.05) is 6.92 Å². The zero-order chi connectivity index (χ0) is 14.1. The zero-order valence-corrected chi connectivity index (χ0v) is 11.3. The molecule has 2 unspecified atom stereocenters. The van der Waals surface area contributed by atoms with Crippen LogP contribution in [0.2, 0.25) is 0 Å². The molecule has 104 valence electrons. The summed E-state index contributed by atoms with van der Waals surface area (Å²) in [6.45, 7) is 4.97. The number of carboxylic acids is 1. The Morgan fingerprint density at radius 1 is 1.28 bits per heavy atom. The SMILES string of the molecule is CCCCC(OC(C)CC(=O)O)C(=O)CC(C)=O. The van der Waals surface area contributed by atoms with E-state index in [1.54, 1.807) is 6.92 Å². The van der Waals surface area contributed by atoms with Crippen LogP contribution in [0.3, 0.4) is 0 Å². The Kier molecular flexibility index (Phi) is 8.20. The summed E-state index contributed by atoms with van der Waals surface area (Å²) in [7, 11) is 0. The van der Waals surface area contributed by atoms with Gasteiger partial charge in [-0.3, -0.25) is 14.4 Å². The Morgan fingerprint density at radius 3 is 2.33 bits per heavy atom. The van der Waals surface area contributed by atoms with E-state index in [4.69, 9.17) is 9.84 Å². The van der Waals surface area contributed by atoms with Crippen LogP contribution in [0.25, 0.3) is 0 Å². The van der Waals surface area contributed by atoms with Gasteiger partial charge in [0.25, 0.3) is 0 Å². The Balaban J connectivity index is 4.41. The molecule has 0 saturated heterocycles. The number of aliphatic carboxylic acids is 1. The first-order chi connectivity index (χ1) is 8.36. The molecule has 0 aromatic heterocycles. The lowest BCUT2D eigenvalue weighted by Crippen LogP contribution is -2.30. The maximum Gasteiger partial charge on any atom is 0.305 e. The fraction of sp³-hybridized carbons (Fsp3) is 0.769. The lowest BCUT2D eigenvalue weighted by molar-refractivity contribution is -0.146. The summed E-state index contributed by atoms with van der Waals surface area (Å²) in [5, 5.41) is 8.64. The Hall–Kier alpha value is -1.23. The number of rotatable bonds is 10. The Bertz CT molecular complexity index is 298. The van der Waals surface area contributed by atoms with Crippen LogP contribution in [0.5, 0.6) is 0 Å². The molecule has 0 aliphatic carbocycles. The van der Waals surface area contributed by atoms with Crippen molar-refractivity contribution in [3.8, 4) is 0 Å². The zero-order valence-electron chi connectivity index (χ0n) is 11.3. The number of ketones is 2. The second kappa shape index (κ2) is 8.80. The van der Waals surface area contributed by atoms with Crippen LogP contribution in [0.4, 0.5) is 0 Å². The molecular weight excluding hydrogens is 236 g/mol. The van der Waals surface area contributed by atoms with Gasteiger partial charge in [0.15, 0.2) is 5.78 Å². The van der Waals surface area contributed by atoms with Crippen LogP contribution in [0.15, 0.2) is 0 Å². The van der Waals surface area contributed by atoms with Crippen LogP contribution >= 0.6 is 0 Å². The number of hydrogen-bond donors (Lipinski definition) is 1. The largest absolute Gasteiger partial charge is 0.481 e. The number of carboxylic acid groups (broad SMARTS) is 1. The van der Waals surface area contributed by atoms with Gasteiger partial charge in [-0.05, 0) is 20.3 Å². The molecule has 5 nitrogen and oxygen atoms in total. The molecule has 0 radical (unpaired) electrons. The van der Waals surface area contributed by atoms with Gasteiger partial charge in [-0.1, -0.05) is 19.8 Å². The highest BCUT2D eigenvalue weighted by Gasteiger charge is 2.23. The van der Waals surface area contributed by atoms with E-state index < -0.39 is 18.2 Å². The molecule has 0 spiro atoms. The van der Waals surface area contributed by atoms with Gasteiger partial charge in [-0.25, -0.2) is 0 Å². The summed E-state index contributed by atoms with van der Waals surface area (Å²) in [6, 6.07) is 0. The topological polar surface area (TPSA) is 80.7 Å².